The minimum atomic E-state index is 0.578. The van der Waals surface area contributed by atoms with Crippen LogP contribution in [0.5, 0.6) is 0 Å². The van der Waals surface area contributed by atoms with Gasteiger partial charge in [-0.15, -0.1) is 0 Å². The highest BCUT2D eigenvalue weighted by Crippen LogP contribution is 2.38. The molecular weight excluding hydrogens is 299 g/mol. The molecule has 1 saturated carbocycles. The van der Waals surface area contributed by atoms with Gasteiger partial charge in [0.05, 0.1) is 9.77 Å². The van der Waals surface area contributed by atoms with Crippen LogP contribution >= 0.6 is 22.6 Å². The molecule has 1 aromatic rings. The Morgan fingerprint density at radius 2 is 2.13 bits per heavy atom. The molecule has 84 valence electrons. The second-order valence-corrected chi connectivity index (χ2v) is 6.73. The Morgan fingerprint density at radius 3 is 2.67 bits per heavy atom. The summed E-state index contributed by atoms with van der Waals surface area (Å²) in [4.78, 5) is 0. The van der Waals surface area contributed by atoms with E-state index in [9.17, 15) is 0 Å². The number of hydrogen-bond acceptors (Lipinski definition) is 1. The lowest BCUT2D eigenvalue weighted by molar-refractivity contribution is 0.176. The summed E-state index contributed by atoms with van der Waals surface area (Å²) < 4.78 is 3.34. The van der Waals surface area contributed by atoms with Crippen molar-refractivity contribution in [1.29, 1.82) is 0 Å². The third-order valence-corrected chi connectivity index (χ3v) is 4.06. The normalized spacial score (nSPS) is 21.8. The molecule has 1 fully saturated rings. The van der Waals surface area contributed by atoms with E-state index in [4.69, 9.17) is 0 Å². The van der Waals surface area contributed by atoms with E-state index < -0.39 is 0 Å². The van der Waals surface area contributed by atoms with Crippen molar-refractivity contribution in [2.24, 2.45) is 11.3 Å². The first-order valence-electron chi connectivity index (χ1n) is 5.73. The first kappa shape index (κ1) is 11.4. The third-order valence-electron chi connectivity index (χ3n) is 3.51. The van der Waals surface area contributed by atoms with Crippen molar-refractivity contribution in [2.45, 2.75) is 46.1 Å². The topological polar surface area (TPSA) is 17.8 Å². The van der Waals surface area contributed by atoms with E-state index in [1.807, 2.05) is 6.20 Å². The molecule has 1 aromatic heterocycles. The molecular formula is C12H19IN2. The molecule has 0 unspecified atom stereocenters. The predicted octanol–water partition coefficient (Wildman–Crippen LogP) is 3.70. The van der Waals surface area contributed by atoms with Crippen LogP contribution in [0.1, 0.15) is 39.5 Å². The van der Waals surface area contributed by atoms with Crippen molar-refractivity contribution in [2.75, 3.05) is 0 Å². The van der Waals surface area contributed by atoms with Gasteiger partial charge in [-0.3, -0.25) is 4.68 Å². The van der Waals surface area contributed by atoms with Gasteiger partial charge in [-0.2, -0.15) is 5.10 Å². The number of aromatic nitrogens is 2. The van der Waals surface area contributed by atoms with E-state index in [2.05, 4.69) is 52.4 Å². The molecule has 0 saturated heterocycles. The Bertz CT molecular complexity index is 320. The van der Waals surface area contributed by atoms with Gasteiger partial charge in [0.15, 0.2) is 0 Å². The summed E-state index contributed by atoms with van der Waals surface area (Å²) in [5.41, 5.74) is 0.578. The number of hydrogen-bond donors (Lipinski definition) is 0. The van der Waals surface area contributed by atoms with Crippen LogP contribution in [0.15, 0.2) is 12.4 Å². The molecule has 1 aliphatic carbocycles. The molecule has 15 heavy (non-hydrogen) atoms. The van der Waals surface area contributed by atoms with Gasteiger partial charge in [-0.1, -0.05) is 13.8 Å². The smallest absolute Gasteiger partial charge is 0.0623 e. The van der Waals surface area contributed by atoms with Crippen LogP contribution in [0.4, 0.5) is 0 Å². The quantitative estimate of drug-likeness (QED) is 0.760. The lowest BCUT2D eigenvalue weighted by Crippen LogP contribution is -2.24. The molecule has 0 atom stereocenters. The highest BCUT2D eigenvalue weighted by atomic mass is 127. The number of rotatable bonds is 2. The molecule has 3 heteroatoms. The number of nitrogens with zero attached hydrogens (tertiary/aromatic N) is 2. The van der Waals surface area contributed by atoms with Crippen molar-refractivity contribution in [3.05, 3.63) is 16.0 Å². The summed E-state index contributed by atoms with van der Waals surface area (Å²) in [7, 11) is 0. The minimum Gasteiger partial charge on any atom is -0.271 e. The monoisotopic (exact) mass is 318 g/mol. The maximum Gasteiger partial charge on any atom is 0.0623 e. The molecule has 0 aromatic carbocycles. The van der Waals surface area contributed by atoms with E-state index in [1.54, 1.807) is 0 Å². The van der Waals surface area contributed by atoms with Crippen LogP contribution < -0.4 is 0 Å². The average molecular weight is 318 g/mol. The second-order valence-electron chi connectivity index (χ2n) is 5.49. The molecule has 0 N–H and O–H groups in total. The van der Waals surface area contributed by atoms with Crippen LogP contribution in [0.2, 0.25) is 0 Å². The molecule has 1 aliphatic rings. The lowest BCUT2D eigenvalue weighted by atomic mass is 9.73. The molecule has 2 rings (SSSR count). The lowest BCUT2D eigenvalue weighted by Gasteiger charge is -2.34. The van der Waals surface area contributed by atoms with E-state index in [1.165, 1.54) is 29.3 Å². The number of halogens is 1. The van der Waals surface area contributed by atoms with Gasteiger partial charge < -0.3 is 0 Å². The summed E-state index contributed by atoms with van der Waals surface area (Å²) in [6.07, 6.45) is 9.55. The predicted molar refractivity (Wildman–Crippen MR) is 70.7 cm³/mol. The summed E-state index contributed by atoms with van der Waals surface area (Å²) in [5.74, 6) is 0.841. The maximum absolute atomic E-state index is 4.36. The molecule has 0 amide bonds. The Labute approximate surface area is 106 Å². The van der Waals surface area contributed by atoms with Crippen LogP contribution in [-0.4, -0.2) is 9.78 Å². The van der Waals surface area contributed by atoms with Gasteiger partial charge in [0, 0.05) is 12.7 Å². The van der Waals surface area contributed by atoms with Gasteiger partial charge >= 0.3 is 0 Å². The van der Waals surface area contributed by atoms with Gasteiger partial charge in [0.2, 0.25) is 0 Å². The highest BCUT2D eigenvalue weighted by Gasteiger charge is 2.26. The van der Waals surface area contributed by atoms with Crippen molar-refractivity contribution < 1.29 is 0 Å². The third kappa shape index (κ3) is 3.20. The first-order chi connectivity index (χ1) is 7.05. The van der Waals surface area contributed by atoms with Crippen molar-refractivity contribution >= 4 is 22.6 Å². The van der Waals surface area contributed by atoms with Crippen molar-refractivity contribution in [3.63, 3.8) is 0 Å². The molecule has 0 radical (unpaired) electrons. The minimum absolute atomic E-state index is 0.578. The van der Waals surface area contributed by atoms with Crippen molar-refractivity contribution in [3.8, 4) is 0 Å². The Hall–Kier alpha value is -0.0600. The fourth-order valence-electron chi connectivity index (χ4n) is 2.34. The molecule has 0 aliphatic heterocycles. The first-order valence-corrected chi connectivity index (χ1v) is 6.81. The zero-order valence-electron chi connectivity index (χ0n) is 9.54. The van der Waals surface area contributed by atoms with Crippen LogP contribution in [0.25, 0.3) is 0 Å². The maximum atomic E-state index is 4.36. The van der Waals surface area contributed by atoms with Crippen LogP contribution in [0.3, 0.4) is 0 Å². The van der Waals surface area contributed by atoms with Crippen molar-refractivity contribution in [1.82, 2.24) is 9.78 Å². The standard InChI is InChI=1S/C12H19IN2/c1-12(2)5-3-10(4-6-12)8-15-9-11(13)7-14-15/h7,9-10H,3-6,8H2,1-2H3. The molecule has 1 heterocycles. The van der Waals surface area contributed by atoms with E-state index in [0.29, 0.717) is 5.41 Å². The summed E-state index contributed by atoms with van der Waals surface area (Å²) in [6, 6.07) is 0. The second kappa shape index (κ2) is 4.44. The summed E-state index contributed by atoms with van der Waals surface area (Å²) in [6.45, 7) is 5.89. The Morgan fingerprint density at radius 1 is 1.47 bits per heavy atom. The van der Waals surface area contributed by atoms with E-state index >= 15 is 0 Å². The molecule has 0 bridgehead atoms. The Kier molecular flexibility index (Phi) is 3.38. The summed E-state index contributed by atoms with van der Waals surface area (Å²) >= 11 is 2.32. The fourth-order valence-corrected chi connectivity index (χ4v) is 2.79. The summed E-state index contributed by atoms with van der Waals surface area (Å²) in [5, 5.41) is 4.36. The van der Waals surface area contributed by atoms with Crippen LogP contribution in [-0.2, 0) is 6.54 Å². The Balaban J connectivity index is 1.87. The van der Waals surface area contributed by atoms with E-state index in [-0.39, 0.29) is 0 Å². The zero-order chi connectivity index (χ0) is 10.9. The van der Waals surface area contributed by atoms with Gasteiger partial charge in [-0.25, -0.2) is 0 Å². The SMILES string of the molecule is CC1(C)CCC(Cn2cc(I)cn2)CC1. The largest absolute Gasteiger partial charge is 0.271 e. The van der Waals surface area contributed by atoms with Crippen LogP contribution in [0, 0.1) is 14.9 Å². The van der Waals surface area contributed by atoms with Gasteiger partial charge in [0.25, 0.3) is 0 Å². The zero-order valence-corrected chi connectivity index (χ0v) is 11.7. The van der Waals surface area contributed by atoms with Gasteiger partial charge in [-0.05, 0) is 59.6 Å². The molecule has 0 spiro atoms. The van der Waals surface area contributed by atoms with E-state index in [0.717, 1.165) is 12.5 Å². The molecule has 2 nitrogen and oxygen atoms in total. The van der Waals surface area contributed by atoms with Gasteiger partial charge in [0.1, 0.15) is 0 Å². The average Bonchev–Trinajstić information content (AvgIpc) is 2.55. The highest BCUT2D eigenvalue weighted by molar-refractivity contribution is 14.1. The fraction of sp³-hybridized carbons (Fsp3) is 0.750.